The summed E-state index contributed by atoms with van der Waals surface area (Å²) in [7, 11) is 1.60. The maximum absolute atomic E-state index is 12.5. The molecule has 0 saturated carbocycles. The number of likely N-dealkylation sites (tertiary alicyclic amines) is 1. The molecule has 1 amide bonds. The first kappa shape index (κ1) is 20.0. The summed E-state index contributed by atoms with van der Waals surface area (Å²) in [4.78, 5) is 14.4. The lowest BCUT2D eigenvalue weighted by Gasteiger charge is -2.53. The Labute approximate surface area is 166 Å². The molecule has 2 aromatic rings. The van der Waals surface area contributed by atoms with Gasteiger partial charge in [-0.05, 0) is 64.8 Å². The van der Waals surface area contributed by atoms with Gasteiger partial charge in [-0.25, -0.2) is 0 Å². The van der Waals surface area contributed by atoms with Gasteiger partial charge in [-0.15, -0.1) is 0 Å². The van der Waals surface area contributed by atoms with E-state index in [-0.39, 0.29) is 17.5 Å². The SMILES string of the molecule is COc1cc(/C=C\C(=O)N2[C@@H](C)CC2(C)C)ccc1OCc1c(C)noc1C. The maximum atomic E-state index is 12.5. The van der Waals surface area contributed by atoms with Gasteiger partial charge in [0.05, 0.1) is 18.4 Å². The summed E-state index contributed by atoms with van der Waals surface area (Å²) in [5.74, 6) is 2.02. The van der Waals surface area contributed by atoms with E-state index < -0.39 is 0 Å². The summed E-state index contributed by atoms with van der Waals surface area (Å²) in [5.41, 5.74) is 2.55. The second-order valence-electron chi connectivity index (χ2n) is 7.91. The minimum atomic E-state index is -0.0750. The number of methoxy groups -OCH3 is 1. The molecule has 0 unspecified atom stereocenters. The van der Waals surface area contributed by atoms with Crippen molar-refractivity contribution in [1.29, 1.82) is 0 Å². The fraction of sp³-hybridized carbons (Fsp3) is 0.455. The van der Waals surface area contributed by atoms with Gasteiger partial charge < -0.3 is 18.9 Å². The zero-order valence-electron chi connectivity index (χ0n) is 17.4. The van der Waals surface area contributed by atoms with Gasteiger partial charge in [-0.2, -0.15) is 0 Å². The zero-order chi connectivity index (χ0) is 20.5. The van der Waals surface area contributed by atoms with Crippen LogP contribution in [0.2, 0.25) is 0 Å². The average molecular weight is 384 g/mol. The summed E-state index contributed by atoms with van der Waals surface area (Å²) in [6.07, 6.45) is 4.46. The van der Waals surface area contributed by atoms with E-state index in [2.05, 4.69) is 25.9 Å². The van der Waals surface area contributed by atoms with E-state index >= 15 is 0 Å². The third kappa shape index (κ3) is 3.91. The van der Waals surface area contributed by atoms with Crippen molar-refractivity contribution in [2.24, 2.45) is 0 Å². The fourth-order valence-corrected chi connectivity index (χ4v) is 3.93. The first-order valence-electron chi connectivity index (χ1n) is 9.47. The molecular formula is C22H28N2O4. The molecule has 28 heavy (non-hydrogen) atoms. The Hall–Kier alpha value is -2.76. The van der Waals surface area contributed by atoms with Gasteiger partial charge in [0.2, 0.25) is 5.91 Å². The Morgan fingerprint density at radius 2 is 2.11 bits per heavy atom. The molecule has 6 nitrogen and oxygen atoms in total. The maximum Gasteiger partial charge on any atom is 0.247 e. The average Bonchev–Trinajstić information content (AvgIpc) is 2.95. The van der Waals surface area contributed by atoms with Gasteiger partial charge in [-0.3, -0.25) is 4.79 Å². The van der Waals surface area contributed by atoms with Crippen molar-refractivity contribution < 1.29 is 18.8 Å². The molecule has 1 aliphatic heterocycles. The number of carbonyl (C=O) groups excluding carboxylic acids is 1. The standard InChI is InChI=1S/C22H28N2O4/c1-14-12-22(4,5)24(14)21(25)10-8-17-7-9-19(20(11-17)26-6)27-13-18-15(2)23-28-16(18)3/h7-11,14H,12-13H2,1-6H3/b10-8-/t14-/m0/s1. The number of nitrogens with zero attached hydrogens (tertiary/aromatic N) is 2. The normalized spacial score (nSPS) is 18.2. The molecule has 0 spiro atoms. The molecule has 2 heterocycles. The van der Waals surface area contributed by atoms with Gasteiger partial charge in [0.25, 0.3) is 0 Å². The predicted molar refractivity (Wildman–Crippen MR) is 107 cm³/mol. The molecule has 1 aliphatic rings. The topological polar surface area (TPSA) is 64.8 Å². The third-order valence-corrected chi connectivity index (χ3v) is 5.28. The van der Waals surface area contributed by atoms with Crippen molar-refractivity contribution >= 4 is 12.0 Å². The number of aryl methyl sites for hydroxylation is 2. The van der Waals surface area contributed by atoms with Gasteiger partial charge in [0.15, 0.2) is 11.5 Å². The van der Waals surface area contributed by atoms with Crippen molar-refractivity contribution in [3.8, 4) is 11.5 Å². The van der Waals surface area contributed by atoms with Crippen LogP contribution >= 0.6 is 0 Å². The first-order valence-corrected chi connectivity index (χ1v) is 9.47. The van der Waals surface area contributed by atoms with Gasteiger partial charge in [-0.1, -0.05) is 11.2 Å². The number of carbonyl (C=O) groups is 1. The molecule has 0 aliphatic carbocycles. The highest BCUT2D eigenvalue weighted by Crippen LogP contribution is 2.36. The van der Waals surface area contributed by atoms with Crippen molar-refractivity contribution in [2.45, 2.75) is 59.2 Å². The van der Waals surface area contributed by atoms with Crippen LogP contribution in [0.15, 0.2) is 28.8 Å². The van der Waals surface area contributed by atoms with E-state index in [9.17, 15) is 4.79 Å². The molecule has 0 N–H and O–H groups in total. The lowest BCUT2D eigenvalue weighted by Crippen LogP contribution is -2.63. The second kappa shape index (κ2) is 7.70. The second-order valence-corrected chi connectivity index (χ2v) is 7.91. The highest BCUT2D eigenvalue weighted by atomic mass is 16.5. The largest absolute Gasteiger partial charge is 0.493 e. The third-order valence-electron chi connectivity index (χ3n) is 5.28. The first-order chi connectivity index (χ1) is 13.2. The number of benzene rings is 1. The van der Waals surface area contributed by atoms with Crippen LogP contribution in [0.5, 0.6) is 11.5 Å². The molecule has 150 valence electrons. The lowest BCUT2D eigenvalue weighted by atomic mass is 9.82. The van der Waals surface area contributed by atoms with E-state index in [0.717, 1.165) is 29.0 Å². The van der Waals surface area contributed by atoms with Crippen LogP contribution in [0.1, 0.15) is 49.8 Å². The molecule has 0 bridgehead atoms. The van der Waals surface area contributed by atoms with Crippen LogP contribution in [0.25, 0.3) is 6.08 Å². The van der Waals surface area contributed by atoms with E-state index in [1.54, 1.807) is 13.2 Å². The molecule has 3 rings (SSSR count). The Bertz CT molecular complexity index is 878. The summed E-state index contributed by atoms with van der Waals surface area (Å²) in [6, 6.07) is 5.88. The molecule has 0 radical (unpaired) electrons. The van der Waals surface area contributed by atoms with Crippen LogP contribution in [0.3, 0.4) is 0 Å². The molecule has 1 aromatic carbocycles. The number of hydrogen-bond acceptors (Lipinski definition) is 5. The number of hydrogen-bond donors (Lipinski definition) is 0. The van der Waals surface area contributed by atoms with Crippen LogP contribution in [-0.4, -0.2) is 34.7 Å². The predicted octanol–water partition coefficient (Wildman–Crippen LogP) is 4.29. The van der Waals surface area contributed by atoms with Crippen molar-refractivity contribution in [2.75, 3.05) is 7.11 Å². The summed E-state index contributed by atoms with van der Waals surface area (Å²) >= 11 is 0. The van der Waals surface area contributed by atoms with Crippen LogP contribution in [0, 0.1) is 13.8 Å². The lowest BCUT2D eigenvalue weighted by molar-refractivity contribution is -0.146. The van der Waals surface area contributed by atoms with Crippen molar-refractivity contribution in [3.05, 3.63) is 46.9 Å². The number of amides is 1. The smallest absolute Gasteiger partial charge is 0.247 e. The van der Waals surface area contributed by atoms with E-state index in [4.69, 9.17) is 14.0 Å². The molecule has 1 atom stereocenters. The summed E-state index contributed by atoms with van der Waals surface area (Å²) < 4.78 is 16.5. The number of rotatable bonds is 6. The molecule has 6 heteroatoms. The molecule has 1 fully saturated rings. The minimum absolute atomic E-state index is 0.0291. The quantitative estimate of drug-likeness (QED) is 0.695. The van der Waals surface area contributed by atoms with Crippen LogP contribution in [-0.2, 0) is 11.4 Å². The highest BCUT2D eigenvalue weighted by Gasteiger charge is 2.44. The van der Waals surface area contributed by atoms with Gasteiger partial charge in [0, 0.05) is 17.7 Å². The van der Waals surface area contributed by atoms with Crippen LogP contribution in [0.4, 0.5) is 0 Å². The Kier molecular flexibility index (Phi) is 5.49. The summed E-state index contributed by atoms with van der Waals surface area (Å²) in [6.45, 7) is 10.4. The molecule has 1 aromatic heterocycles. The van der Waals surface area contributed by atoms with Crippen LogP contribution < -0.4 is 9.47 Å². The van der Waals surface area contributed by atoms with E-state index in [1.165, 1.54) is 0 Å². The highest BCUT2D eigenvalue weighted by molar-refractivity contribution is 5.93. The minimum Gasteiger partial charge on any atom is -0.493 e. The van der Waals surface area contributed by atoms with Crippen molar-refractivity contribution in [1.82, 2.24) is 10.1 Å². The fourth-order valence-electron chi connectivity index (χ4n) is 3.93. The Balaban J connectivity index is 1.70. The molecule has 1 saturated heterocycles. The summed E-state index contributed by atoms with van der Waals surface area (Å²) in [5, 5.41) is 3.94. The Morgan fingerprint density at radius 1 is 1.36 bits per heavy atom. The van der Waals surface area contributed by atoms with Gasteiger partial charge in [0.1, 0.15) is 12.4 Å². The van der Waals surface area contributed by atoms with E-state index in [1.807, 2.05) is 43.0 Å². The monoisotopic (exact) mass is 384 g/mol. The van der Waals surface area contributed by atoms with Crippen molar-refractivity contribution in [3.63, 3.8) is 0 Å². The van der Waals surface area contributed by atoms with E-state index in [0.29, 0.717) is 18.1 Å². The molecular weight excluding hydrogens is 356 g/mol. The number of aromatic nitrogens is 1. The Morgan fingerprint density at radius 3 is 2.68 bits per heavy atom. The van der Waals surface area contributed by atoms with Gasteiger partial charge >= 0.3 is 0 Å². The zero-order valence-corrected chi connectivity index (χ0v) is 17.4. The number of ether oxygens (including phenoxy) is 2.